The standard InChI is InChI=1S/C21H25N3O4S/c1-13(2)12-28-16-8-6-14(7-9-16)20-22-23-21(29)24(20)15-10-17(25-3)19(27-5)18(11-15)26-4/h6-11,13H,12H2,1-5H3,(H,23,29). The fraction of sp³-hybridized carbons (Fsp3) is 0.333. The van der Waals surface area contributed by atoms with Crippen LogP contribution in [0.3, 0.4) is 0 Å². The molecular formula is C21H25N3O4S. The predicted molar refractivity (Wildman–Crippen MR) is 114 cm³/mol. The molecule has 8 heteroatoms. The molecule has 0 saturated carbocycles. The van der Waals surface area contributed by atoms with E-state index in [1.807, 2.05) is 41.0 Å². The minimum absolute atomic E-state index is 0.453. The van der Waals surface area contributed by atoms with Gasteiger partial charge in [-0.05, 0) is 42.4 Å². The molecule has 3 aromatic rings. The molecule has 0 amide bonds. The summed E-state index contributed by atoms with van der Waals surface area (Å²) in [6, 6.07) is 11.4. The Bertz CT molecular complexity index is 1000. The molecule has 0 spiro atoms. The van der Waals surface area contributed by atoms with Gasteiger partial charge in [0.1, 0.15) is 5.75 Å². The summed E-state index contributed by atoms with van der Waals surface area (Å²) in [5.41, 5.74) is 1.64. The van der Waals surface area contributed by atoms with Crippen molar-refractivity contribution in [3.8, 4) is 40.1 Å². The van der Waals surface area contributed by atoms with Crippen molar-refractivity contribution in [3.63, 3.8) is 0 Å². The predicted octanol–water partition coefficient (Wildman–Crippen LogP) is 4.66. The van der Waals surface area contributed by atoms with Crippen LogP contribution < -0.4 is 18.9 Å². The second-order valence-corrected chi connectivity index (χ2v) is 7.19. The molecule has 154 valence electrons. The number of H-pyrrole nitrogens is 1. The first-order valence-electron chi connectivity index (χ1n) is 9.19. The van der Waals surface area contributed by atoms with Gasteiger partial charge in [0, 0.05) is 17.7 Å². The minimum Gasteiger partial charge on any atom is -0.493 e. The third-order valence-electron chi connectivity index (χ3n) is 4.28. The molecular weight excluding hydrogens is 390 g/mol. The van der Waals surface area contributed by atoms with E-state index in [9.17, 15) is 0 Å². The van der Waals surface area contributed by atoms with Crippen molar-refractivity contribution in [3.05, 3.63) is 41.2 Å². The number of hydrogen-bond acceptors (Lipinski definition) is 6. The van der Waals surface area contributed by atoms with Gasteiger partial charge in [0.2, 0.25) is 5.75 Å². The number of hydrogen-bond donors (Lipinski definition) is 1. The third kappa shape index (κ3) is 4.37. The highest BCUT2D eigenvalue weighted by Gasteiger charge is 2.18. The normalized spacial score (nSPS) is 10.8. The Balaban J connectivity index is 2.04. The molecule has 0 fully saturated rings. The molecule has 0 aliphatic rings. The molecule has 3 rings (SSSR count). The van der Waals surface area contributed by atoms with E-state index in [-0.39, 0.29) is 0 Å². The fourth-order valence-electron chi connectivity index (χ4n) is 2.89. The van der Waals surface area contributed by atoms with Gasteiger partial charge in [0.15, 0.2) is 22.1 Å². The SMILES string of the molecule is COc1cc(-n2c(-c3ccc(OCC(C)C)cc3)n[nH]c2=S)cc(OC)c1OC. The Hall–Kier alpha value is -3.00. The molecule has 0 bridgehead atoms. The van der Waals surface area contributed by atoms with E-state index in [4.69, 9.17) is 31.2 Å². The van der Waals surface area contributed by atoms with Crippen molar-refractivity contribution < 1.29 is 18.9 Å². The number of methoxy groups -OCH3 is 3. The molecule has 0 radical (unpaired) electrons. The number of aromatic nitrogens is 3. The van der Waals surface area contributed by atoms with Crippen LogP contribution in [-0.4, -0.2) is 42.7 Å². The first kappa shape index (κ1) is 20.7. The highest BCUT2D eigenvalue weighted by molar-refractivity contribution is 7.71. The van der Waals surface area contributed by atoms with Gasteiger partial charge in [-0.2, -0.15) is 5.10 Å². The molecule has 29 heavy (non-hydrogen) atoms. The van der Waals surface area contributed by atoms with E-state index < -0.39 is 0 Å². The summed E-state index contributed by atoms with van der Waals surface area (Å²) < 4.78 is 24.4. The summed E-state index contributed by atoms with van der Waals surface area (Å²) in [5, 5.41) is 7.28. The molecule has 0 atom stereocenters. The Morgan fingerprint density at radius 3 is 2.14 bits per heavy atom. The maximum Gasteiger partial charge on any atom is 0.203 e. The van der Waals surface area contributed by atoms with Crippen LogP contribution in [0.5, 0.6) is 23.0 Å². The fourth-order valence-corrected chi connectivity index (χ4v) is 3.13. The van der Waals surface area contributed by atoms with Gasteiger partial charge in [-0.1, -0.05) is 13.8 Å². The number of aromatic amines is 1. The highest BCUT2D eigenvalue weighted by atomic mass is 32.1. The van der Waals surface area contributed by atoms with E-state index >= 15 is 0 Å². The van der Waals surface area contributed by atoms with Crippen molar-refractivity contribution >= 4 is 12.2 Å². The lowest BCUT2D eigenvalue weighted by atomic mass is 10.2. The van der Waals surface area contributed by atoms with E-state index in [0.29, 0.717) is 40.4 Å². The Kier molecular flexibility index (Phi) is 6.43. The largest absolute Gasteiger partial charge is 0.493 e. The Morgan fingerprint density at radius 1 is 1.00 bits per heavy atom. The van der Waals surface area contributed by atoms with Crippen LogP contribution in [0.4, 0.5) is 0 Å². The molecule has 0 saturated heterocycles. The molecule has 0 aliphatic heterocycles. The van der Waals surface area contributed by atoms with Gasteiger partial charge in [-0.15, -0.1) is 0 Å². The smallest absolute Gasteiger partial charge is 0.203 e. The van der Waals surface area contributed by atoms with Crippen LogP contribution in [-0.2, 0) is 0 Å². The van der Waals surface area contributed by atoms with Crippen LogP contribution in [0.2, 0.25) is 0 Å². The molecule has 1 aromatic heterocycles. The van der Waals surface area contributed by atoms with Crippen molar-refractivity contribution in [2.24, 2.45) is 5.92 Å². The quantitative estimate of drug-likeness (QED) is 0.540. The van der Waals surface area contributed by atoms with Crippen LogP contribution in [0.25, 0.3) is 17.1 Å². The van der Waals surface area contributed by atoms with E-state index in [1.54, 1.807) is 21.3 Å². The molecule has 7 nitrogen and oxygen atoms in total. The van der Waals surface area contributed by atoms with Crippen LogP contribution in [0, 0.1) is 10.7 Å². The lowest BCUT2D eigenvalue weighted by Crippen LogP contribution is -2.04. The van der Waals surface area contributed by atoms with Gasteiger partial charge in [0.25, 0.3) is 0 Å². The lowest BCUT2D eigenvalue weighted by Gasteiger charge is -2.15. The number of rotatable bonds is 8. The maximum absolute atomic E-state index is 5.76. The van der Waals surface area contributed by atoms with Crippen LogP contribution >= 0.6 is 12.2 Å². The summed E-state index contributed by atoms with van der Waals surface area (Å²) in [6.45, 7) is 4.90. The zero-order valence-corrected chi connectivity index (χ0v) is 18.0. The van der Waals surface area contributed by atoms with Crippen molar-refractivity contribution in [2.75, 3.05) is 27.9 Å². The molecule has 0 aliphatic carbocycles. The number of nitrogens with zero attached hydrogens (tertiary/aromatic N) is 2. The maximum atomic E-state index is 5.76. The van der Waals surface area contributed by atoms with E-state index in [0.717, 1.165) is 17.0 Å². The van der Waals surface area contributed by atoms with Crippen molar-refractivity contribution in [2.45, 2.75) is 13.8 Å². The molecule has 1 heterocycles. The third-order valence-corrected chi connectivity index (χ3v) is 4.55. The summed E-state index contributed by atoms with van der Waals surface area (Å²) in [4.78, 5) is 0. The second kappa shape index (κ2) is 9.00. The Labute approximate surface area is 175 Å². The topological polar surface area (TPSA) is 70.5 Å². The zero-order valence-electron chi connectivity index (χ0n) is 17.2. The number of ether oxygens (including phenoxy) is 4. The summed E-state index contributed by atoms with van der Waals surface area (Å²) in [7, 11) is 4.72. The summed E-state index contributed by atoms with van der Waals surface area (Å²) >= 11 is 5.48. The van der Waals surface area contributed by atoms with Gasteiger partial charge in [-0.3, -0.25) is 9.67 Å². The van der Waals surface area contributed by atoms with Gasteiger partial charge in [-0.25, -0.2) is 0 Å². The Morgan fingerprint density at radius 2 is 1.62 bits per heavy atom. The van der Waals surface area contributed by atoms with Crippen molar-refractivity contribution in [1.82, 2.24) is 14.8 Å². The molecule has 1 N–H and O–H groups in total. The minimum atomic E-state index is 0.453. The van der Waals surface area contributed by atoms with Crippen LogP contribution in [0.1, 0.15) is 13.8 Å². The van der Waals surface area contributed by atoms with Crippen LogP contribution in [0.15, 0.2) is 36.4 Å². The van der Waals surface area contributed by atoms with Gasteiger partial charge >= 0.3 is 0 Å². The van der Waals surface area contributed by atoms with E-state index in [2.05, 4.69) is 24.0 Å². The average Bonchev–Trinajstić information content (AvgIpc) is 3.12. The summed E-state index contributed by atoms with van der Waals surface area (Å²) in [6.07, 6.45) is 0. The number of benzene rings is 2. The van der Waals surface area contributed by atoms with Crippen molar-refractivity contribution in [1.29, 1.82) is 0 Å². The second-order valence-electron chi connectivity index (χ2n) is 6.80. The zero-order chi connectivity index (χ0) is 21.0. The first-order valence-corrected chi connectivity index (χ1v) is 9.60. The van der Waals surface area contributed by atoms with Gasteiger partial charge in [0.05, 0.1) is 33.6 Å². The molecule has 2 aromatic carbocycles. The van der Waals surface area contributed by atoms with E-state index in [1.165, 1.54) is 0 Å². The monoisotopic (exact) mass is 415 g/mol. The first-order chi connectivity index (χ1) is 14.0. The highest BCUT2D eigenvalue weighted by Crippen LogP contribution is 2.40. The number of nitrogens with one attached hydrogen (secondary N) is 1. The van der Waals surface area contributed by atoms with Gasteiger partial charge < -0.3 is 18.9 Å². The average molecular weight is 416 g/mol. The summed E-state index contributed by atoms with van der Waals surface area (Å²) in [5.74, 6) is 3.53. The molecule has 0 unspecified atom stereocenters. The lowest BCUT2D eigenvalue weighted by molar-refractivity contribution is 0.271.